The second-order valence-corrected chi connectivity index (χ2v) is 10.9. The van der Waals surface area contributed by atoms with Gasteiger partial charge in [-0.05, 0) is 30.2 Å². The molecule has 1 spiro atoms. The van der Waals surface area contributed by atoms with Gasteiger partial charge in [0.2, 0.25) is 0 Å². The van der Waals surface area contributed by atoms with Gasteiger partial charge in [-0.1, -0.05) is 95.7 Å². The Morgan fingerprint density at radius 2 is 1.45 bits per heavy atom. The molecule has 0 unspecified atom stereocenters. The van der Waals surface area contributed by atoms with Gasteiger partial charge in [0.1, 0.15) is 0 Å². The van der Waals surface area contributed by atoms with Gasteiger partial charge in [-0.15, -0.1) is 0 Å². The third-order valence-corrected chi connectivity index (χ3v) is 6.44. The van der Waals surface area contributed by atoms with Crippen LogP contribution >= 0.6 is 0 Å². The number of benzene rings is 1. The third-order valence-electron chi connectivity index (χ3n) is 6.44. The number of hydrogen-bond acceptors (Lipinski definition) is 3. The molecule has 0 bridgehead atoms. The molecule has 2 aliphatic carbocycles. The molecule has 31 heavy (non-hydrogen) atoms. The Hall–Kier alpha value is -2.42. The monoisotopic (exact) mass is 420 g/mol. The lowest BCUT2D eigenvalue weighted by atomic mass is 9.59. The van der Waals surface area contributed by atoms with Crippen LogP contribution in [0.3, 0.4) is 0 Å². The van der Waals surface area contributed by atoms with Crippen LogP contribution in [0.5, 0.6) is 0 Å². The summed E-state index contributed by atoms with van der Waals surface area (Å²) in [5.41, 5.74) is 2.53. The van der Waals surface area contributed by atoms with Crippen molar-refractivity contribution in [3.05, 3.63) is 70.8 Å². The SMILES string of the molecule is CCOC(=O)[C@H]1C=C[C@@H](c2ccc(C)cc2)C12C=C(C(C)(C)C)C(=O)C(C(C)(C)C)=C2. The van der Waals surface area contributed by atoms with Crippen molar-refractivity contribution in [2.45, 2.75) is 61.3 Å². The number of carbonyl (C=O) groups excluding carboxylic acids is 2. The van der Waals surface area contributed by atoms with E-state index < -0.39 is 11.3 Å². The lowest BCUT2D eigenvalue weighted by Crippen LogP contribution is -2.41. The summed E-state index contributed by atoms with van der Waals surface area (Å²) in [4.78, 5) is 26.7. The van der Waals surface area contributed by atoms with Gasteiger partial charge >= 0.3 is 5.97 Å². The number of ether oxygens (including phenoxy) is 1. The molecule has 1 aromatic carbocycles. The number of esters is 1. The highest BCUT2D eigenvalue weighted by molar-refractivity contribution is 6.11. The first-order chi connectivity index (χ1) is 14.3. The number of Topliss-reactive ketones (excluding diaryl/α,β-unsaturated/α-hetero) is 1. The molecule has 0 aromatic heterocycles. The molecule has 0 N–H and O–H groups in total. The zero-order valence-electron chi connectivity index (χ0n) is 20.2. The van der Waals surface area contributed by atoms with Crippen molar-refractivity contribution in [1.82, 2.24) is 0 Å². The van der Waals surface area contributed by atoms with E-state index in [4.69, 9.17) is 4.74 Å². The fraction of sp³-hybridized carbons (Fsp3) is 0.500. The minimum absolute atomic E-state index is 0.0506. The number of aryl methyl sites for hydroxylation is 1. The van der Waals surface area contributed by atoms with Crippen LogP contribution in [0.15, 0.2) is 59.7 Å². The van der Waals surface area contributed by atoms with Crippen LogP contribution < -0.4 is 0 Å². The average Bonchev–Trinajstić information content (AvgIpc) is 3.01. The molecule has 0 saturated heterocycles. The summed E-state index contributed by atoms with van der Waals surface area (Å²) in [6.45, 7) is 16.6. The fourth-order valence-corrected chi connectivity index (χ4v) is 4.73. The predicted octanol–water partition coefficient (Wildman–Crippen LogP) is 6.34. The number of hydrogen-bond donors (Lipinski definition) is 0. The van der Waals surface area contributed by atoms with Gasteiger partial charge in [0, 0.05) is 22.5 Å². The van der Waals surface area contributed by atoms with E-state index >= 15 is 0 Å². The zero-order valence-corrected chi connectivity index (χ0v) is 20.2. The Balaban J connectivity index is 2.31. The van der Waals surface area contributed by atoms with Crippen LogP contribution in [0.1, 0.15) is 65.5 Å². The summed E-state index contributed by atoms with van der Waals surface area (Å²) in [5.74, 6) is -0.675. The van der Waals surface area contributed by atoms with E-state index in [1.54, 1.807) is 0 Å². The lowest BCUT2D eigenvalue weighted by Gasteiger charge is -2.43. The van der Waals surface area contributed by atoms with E-state index in [9.17, 15) is 9.59 Å². The molecule has 0 aliphatic heterocycles. The maximum absolute atomic E-state index is 13.6. The van der Waals surface area contributed by atoms with Gasteiger partial charge in [-0.25, -0.2) is 0 Å². The third kappa shape index (κ3) is 4.20. The van der Waals surface area contributed by atoms with Crippen molar-refractivity contribution in [2.75, 3.05) is 6.61 Å². The Bertz CT molecular complexity index is 925. The topological polar surface area (TPSA) is 43.4 Å². The van der Waals surface area contributed by atoms with E-state index in [0.29, 0.717) is 6.61 Å². The van der Waals surface area contributed by atoms with Crippen LogP contribution in [0, 0.1) is 29.1 Å². The number of rotatable bonds is 3. The van der Waals surface area contributed by atoms with Gasteiger partial charge in [0.05, 0.1) is 12.5 Å². The normalized spacial score (nSPS) is 23.0. The summed E-state index contributed by atoms with van der Waals surface area (Å²) >= 11 is 0. The van der Waals surface area contributed by atoms with E-state index in [0.717, 1.165) is 16.7 Å². The van der Waals surface area contributed by atoms with Crippen molar-refractivity contribution in [2.24, 2.45) is 22.2 Å². The summed E-state index contributed by atoms with van der Waals surface area (Å²) in [5, 5.41) is 0. The maximum Gasteiger partial charge on any atom is 0.314 e. The molecule has 0 fully saturated rings. The van der Waals surface area contributed by atoms with E-state index in [1.165, 1.54) is 5.56 Å². The number of ketones is 1. The Kier molecular flexibility index (Phi) is 5.94. The second kappa shape index (κ2) is 7.93. The molecule has 2 aliphatic rings. The van der Waals surface area contributed by atoms with Crippen LogP contribution in [-0.2, 0) is 14.3 Å². The maximum atomic E-state index is 13.6. The highest BCUT2D eigenvalue weighted by Gasteiger charge is 2.53. The van der Waals surface area contributed by atoms with Gasteiger partial charge in [0.25, 0.3) is 0 Å². The first kappa shape index (κ1) is 23.2. The Labute approximate surface area is 187 Å². The van der Waals surface area contributed by atoms with E-state index in [2.05, 4.69) is 91.0 Å². The van der Waals surface area contributed by atoms with Crippen LogP contribution in [0.4, 0.5) is 0 Å². The van der Waals surface area contributed by atoms with Gasteiger partial charge in [-0.3, -0.25) is 9.59 Å². The minimum Gasteiger partial charge on any atom is -0.466 e. The second-order valence-electron chi connectivity index (χ2n) is 10.9. The van der Waals surface area contributed by atoms with Gasteiger partial charge < -0.3 is 4.74 Å². The number of carbonyl (C=O) groups is 2. The summed E-state index contributed by atoms with van der Waals surface area (Å²) < 4.78 is 5.49. The molecule has 1 aromatic rings. The van der Waals surface area contributed by atoms with Gasteiger partial charge in [-0.2, -0.15) is 0 Å². The van der Waals surface area contributed by atoms with Crippen LogP contribution in [0.25, 0.3) is 0 Å². The fourth-order valence-electron chi connectivity index (χ4n) is 4.73. The molecule has 3 heteroatoms. The molecule has 2 atom stereocenters. The summed E-state index contributed by atoms with van der Waals surface area (Å²) in [6, 6.07) is 8.47. The summed E-state index contributed by atoms with van der Waals surface area (Å²) in [6.07, 6.45) is 8.26. The minimum atomic E-state index is -0.666. The molecule has 166 valence electrons. The molecule has 3 nitrogen and oxygen atoms in total. The molecular formula is C28H36O3. The Morgan fingerprint density at radius 1 is 0.935 bits per heavy atom. The highest BCUT2D eigenvalue weighted by Crippen LogP contribution is 2.57. The highest BCUT2D eigenvalue weighted by atomic mass is 16.5. The molecule has 0 saturated carbocycles. The van der Waals surface area contributed by atoms with Crippen LogP contribution in [0.2, 0.25) is 0 Å². The zero-order chi connectivity index (χ0) is 23.2. The average molecular weight is 421 g/mol. The van der Waals surface area contributed by atoms with Crippen molar-refractivity contribution >= 4 is 11.8 Å². The van der Waals surface area contributed by atoms with Crippen molar-refractivity contribution in [1.29, 1.82) is 0 Å². The molecule has 0 amide bonds. The largest absolute Gasteiger partial charge is 0.466 e. The van der Waals surface area contributed by atoms with Crippen molar-refractivity contribution in [3.8, 4) is 0 Å². The van der Waals surface area contributed by atoms with Crippen LogP contribution in [-0.4, -0.2) is 18.4 Å². The number of allylic oxidation sites excluding steroid dienone is 5. The quantitative estimate of drug-likeness (QED) is 0.423. The predicted molar refractivity (Wildman–Crippen MR) is 126 cm³/mol. The first-order valence-corrected chi connectivity index (χ1v) is 11.2. The first-order valence-electron chi connectivity index (χ1n) is 11.2. The molecule has 3 rings (SSSR count). The van der Waals surface area contributed by atoms with Crippen molar-refractivity contribution < 1.29 is 14.3 Å². The smallest absolute Gasteiger partial charge is 0.314 e. The lowest BCUT2D eigenvalue weighted by molar-refractivity contribution is -0.148. The standard InChI is InChI=1S/C28H36O3/c1-9-31-25(30)21-15-14-20(19-12-10-18(2)11-13-19)28(21)16-22(26(3,4)5)24(29)23(17-28)27(6,7)8/h10-17,20-21H,9H2,1-8H3/t20-,21+/m0/s1. The molecule has 0 radical (unpaired) electrons. The molecular weight excluding hydrogens is 384 g/mol. The van der Waals surface area contributed by atoms with E-state index in [-0.39, 0.29) is 28.5 Å². The van der Waals surface area contributed by atoms with Crippen molar-refractivity contribution in [3.63, 3.8) is 0 Å². The Morgan fingerprint density at radius 3 is 1.90 bits per heavy atom. The van der Waals surface area contributed by atoms with Gasteiger partial charge in [0.15, 0.2) is 5.78 Å². The summed E-state index contributed by atoms with van der Waals surface area (Å²) in [7, 11) is 0. The van der Waals surface area contributed by atoms with E-state index in [1.807, 2.05) is 13.0 Å². The molecule has 0 heterocycles.